The molecule has 1 aliphatic heterocycles. The fraction of sp³-hybridized carbons (Fsp3) is 0.385. The second-order valence-electron chi connectivity index (χ2n) is 5.44. The molecule has 0 radical (unpaired) electrons. The Morgan fingerprint density at radius 2 is 2.08 bits per heavy atom. The molecule has 1 fully saturated rings. The molecule has 24 heavy (non-hydrogen) atoms. The van der Waals surface area contributed by atoms with Crippen LogP contribution in [0.2, 0.25) is 0 Å². The fourth-order valence-corrected chi connectivity index (χ4v) is 2.73. The van der Waals surface area contributed by atoms with E-state index in [-0.39, 0.29) is 11.6 Å². The fourth-order valence-electron chi connectivity index (χ4n) is 2.73. The lowest BCUT2D eigenvalue weighted by molar-refractivity contribution is -0.0511. The van der Waals surface area contributed by atoms with E-state index in [1.807, 2.05) is 0 Å². The highest BCUT2D eigenvalue weighted by Gasteiger charge is 2.44. The van der Waals surface area contributed by atoms with E-state index >= 15 is 0 Å². The molecule has 11 nitrogen and oxygen atoms in total. The van der Waals surface area contributed by atoms with Crippen LogP contribution < -0.4 is 5.73 Å². The maximum atomic E-state index is 10.2. The summed E-state index contributed by atoms with van der Waals surface area (Å²) in [5, 5.41) is 29.3. The molecule has 0 saturated carbocycles. The minimum atomic E-state index is -1.25. The molecule has 4 rings (SSSR count). The molecule has 126 valence electrons. The summed E-state index contributed by atoms with van der Waals surface area (Å²) in [5.41, 5.74) is 7.10. The molecular formula is C13H15N7O4. The van der Waals surface area contributed by atoms with Crippen molar-refractivity contribution in [3.63, 3.8) is 0 Å². The van der Waals surface area contributed by atoms with Crippen molar-refractivity contribution < 1.29 is 20.1 Å². The third-order valence-electron chi connectivity index (χ3n) is 3.97. The van der Waals surface area contributed by atoms with Gasteiger partial charge in [0, 0.05) is 6.20 Å². The highest BCUT2D eigenvalue weighted by atomic mass is 16.6. The van der Waals surface area contributed by atoms with Crippen molar-refractivity contribution in [2.45, 2.75) is 24.5 Å². The maximum Gasteiger partial charge on any atom is 0.183 e. The van der Waals surface area contributed by atoms with Crippen LogP contribution in [0, 0.1) is 0 Å². The minimum Gasteiger partial charge on any atom is -0.394 e. The molecule has 0 aliphatic carbocycles. The van der Waals surface area contributed by atoms with Crippen LogP contribution in [0.3, 0.4) is 0 Å². The summed E-state index contributed by atoms with van der Waals surface area (Å²) in [4.78, 5) is 19.6. The van der Waals surface area contributed by atoms with Crippen molar-refractivity contribution in [2.24, 2.45) is 0 Å². The number of hydrogen-bond acceptors (Lipinski definition) is 9. The SMILES string of the molecule is Nc1nc(-c2c[nH]cn2)nc2c1ncn2[C@@H]1O[C@H](CO)C(O)C1O. The lowest BCUT2D eigenvalue weighted by Gasteiger charge is -2.16. The number of aliphatic hydroxyl groups is 3. The van der Waals surface area contributed by atoms with Gasteiger partial charge < -0.3 is 30.8 Å². The largest absolute Gasteiger partial charge is 0.394 e. The zero-order chi connectivity index (χ0) is 16.8. The smallest absolute Gasteiger partial charge is 0.183 e. The van der Waals surface area contributed by atoms with Gasteiger partial charge in [-0.3, -0.25) is 4.57 Å². The lowest BCUT2D eigenvalue weighted by Crippen LogP contribution is -2.33. The van der Waals surface area contributed by atoms with Crippen LogP contribution in [0.4, 0.5) is 5.82 Å². The summed E-state index contributed by atoms with van der Waals surface area (Å²) in [6.45, 7) is -0.420. The van der Waals surface area contributed by atoms with Gasteiger partial charge in [0.1, 0.15) is 29.5 Å². The zero-order valence-corrected chi connectivity index (χ0v) is 12.3. The highest BCUT2D eigenvalue weighted by Crippen LogP contribution is 2.32. The second kappa shape index (κ2) is 5.49. The summed E-state index contributed by atoms with van der Waals surface area (Å²) in [5.74, 6) is 0.443. The van der Waals surface area contributed by atoms with Crippen molar-refractivity contribution >= 4 is 17.0 Å². The number of nitrogen functional groups attached to an aromatic ring is 1. The molecule has 0 amide bonds. The molecule has 6 N–H and O–H groups in total. The number of hydrogen-bond donors (Lipinski definition) is 5. The van der Waals surface area contributed by atoms with E-state index in [0.29, 0.717) is 16.9 Å². The van der Waals surface area contributed by atoms with Crippen LogP contribution in [-0.4, -0.2) is 69.7 Å². The number of nitrogens with zero attached hydrogens (tertiary/aromatic N) is 5. The number of nitrogens with one attached hydrogen (secondary N) is 1. The van der Waals surface area contributed by atoms with Gasteiger partial charge in [0.25, 0.3) is 0 Å². The third kappa shape index (κ3) is 2.14. The van der Waals surface area contributed by atoms with Crippen molar-refractivity contribution in [2.75, 3.05) is 12.3 Å². The topological polar surface area (TPSA) is 168 Å². The van der Waals surface area contributed by atoms with E-state index in [0.717, 1.165) is 0 Å². The van der Waals surface area contributed by atoms with E-state index in [2.05, 4.69) is 24.9 Å². The lowest BCUT2D eigenvalue weighted by atomic mass is 10.1. The van der Waals surface area contributed by atoms with Gasteiger partial charge in [0.2, 0.25) is 0 Å². The Balaban J connectivity index is 1.82. The van der Waals surface area contributed by atoms with Crippen LogP contribution >= 0.6 is 0 Å². The number of rotatable bonds is 3. The Kier molecular flexibility index (Phi) is 3.42. The van der Waals surface area contributed by atoms with E-state index in [9.17, 15) is 15.3 Å². The van der Waals surface area contributed by atoms with Crippen molar-refractivity contribution in [1.29, 1.82) is 0 Å². The molecule has 0 aromatic carbocycles. The molecule has 0 bridgehead atoms. The molecule has 1 saturated heterocycles. The number of ether oxygens (including phenoxy) is 1. The number of aliphatic hydroxyl groups excluding tert-OH is 3. The molecule has 1 aliphatic rings. The number of H-pyrrole nitrogens is 1. The average molecular weight is 333 g/mol. The van der Waals surface area contributed by atoms with Gasteiger partial charge in [0.05, 0.1) is 19.3 Å². The number of imidazole rings is 2. The van der Waals surface area contributed by atoms with Gasteiger partial charge in [-0.2, -0.15) is 0 Å². The summed E-state index contributed by atoms with van der Waals surface area (Å²) >= 11 is 0. The number of aromatic nitrogens is 6. The van der Waals surface area contributed by atoms with Crippen LogP contribution in [0.1, 0.15) is 6.23 Å². The van der Waals surface area contributed by atoms with E-state index in [4.69, 9.17) is 10.5 Å². The summed E-state index contributed by atoms with van der Waals surface area (Å²) in [6, 6.07) is 0. The predicted molar refractivity (Wildman–Crippen MR) is 80.3 cm³/mol. The van der Waals surface area contributed by atoms with Crippen LogP contribution in [0.25, 0.3) is 22.7 Å². The van der Waals surface area contributed by atoms with Gasteiger partial charge in [-0.15, -0.1) is 0 Å². The van der Waals surface area contributed by atoms with Crippen LogP contribution in [0.15, 0.2) is 18.9 Å². The molecule has 2 unspecified atom stereocenters. The Morgan fingerprint density at radius 3 is 2.75 bits per heavy atom. The van der Waals surface area contributed by atoms with Gasteiger partial charge in [-0.25, -0.2) is 19.9 Å². The van der Waals surface area contributed by atoms with Gasteiger partial charge in [0.15, 0.2) is 23.5 Å². The second-order valence-corrected chi connectivity index (χ2v) is 5.44. The zero-order valence-electron chi connectivity index (χ0n) is 12.3. The quantitative estimate of drug-likeness (QED) is 0.379. The molecule has 11 heteroatoms. The molecular weight excluding hydrogens is 318 g/mol. The molecule has 3 aromatic heterocycles. The minimum absolute atomic E-state index is 0.156. The molecule has 4 heterocycles. The Morgan fingerprint density at radius 1 is 1.25 bits per heavy atom. The first-order valence-corrected chi connectivity index (χ1v) is 7.22. The third-order valence-corrected chi connectivity index (χ3v) is 3.97. The number of anilines is 1. The first-order chi connectivity index (χ1) is 11.6. The Labute approximate surface area is 134 Å². The first-order valence-electron chi connectivity index (χ1n) is 7.22. The number of aromatic amines is 1. The number of fused-ring (bicyclic) bond motifs is 1. The Hall–Kier alpha value is -2.60. The van der Waals surface area contributed by atoms with Gasteiger partial charge in [-0.05, 0) is 0 Å². The van der Waals surface area contributed by atoms with Crippen molar-refractivity contribution in [3.8, 4) is 11.5 Å². The van der Waals surface area contributed by atoms with Crippen LogP contribution in [0.5, 0.6) is 0 Å². The summed E-state index contributed by atoms with van der Waals surface area (Å²) in [7, 11) is 0. The number of nitrogens with two attached hydrogens (primary N) is 1. The monoisotopic (exact) mass is 333 g/mol. The van der Waals surface area contributed by atoms with Gasteiger partial charge >= 0.3 is 0 Å². The molecule has 4 atom stereocenters. The molecule has 0 spiro atoms. The predicted octanol–water partition coefficient (Wildman–Crippen LogP) is -1.59. The normalized spacial score (nSPS) is 27.1. The van der Waals surface area contributed by atoms with E-state index in [1.54, 1.807) is 6.20 Å². The highest BCUT2D eigenvalue weighted by molar-refractivity contribution is 5.83. The maximum absolute atomic E-state index is 10.2. The summed E-state index contributed by atoms with van der Waals surface area (Å²) in [6.07, 6.45) is 0.184. The molecule has 3 aromatic rings. The van der Waals surface area contributed by atoms with E-state index < -0.39 is 31.1 Å². The average Bonchev–Trinajstić information content (AvgIpc) is 3.28. The van der Waals surface area contributed by atoms with Crippen molar-refractivity contribution in [3.05, 3.63) is 18.9 Å². The Bertz CT molecular complexity index is 865. The standard InChI is InChI=1S/C13H15N7O4/c14-10-7-12(19-11(18-10)5-1-15-3-16-5)20(4-17-7)13-9(23)8(22)6(2-21)24-13/h1,3-4,6,8-9,13,21-23H,2H2,(H,15,16)(H2,14,18,19)/t6-,8?,9?,13-/m1/s1. The first kappa shape index (κ1) is 15.0. The van der Waals surface area contributed by atoms with Crippen LogP contribution in [-0.2, 0) is 4.74 Å². The summed E-state index contributed by atoms with van der Waals surface area (Å²) < 4.78 is 6.96. The van der Waals surface area contributed by atoms with E-state index in [1.165, 1.54) is 17.2 Å². The van der Waals surface area contributed by atoms with Crippen molar-refractivity contribution in [1.82, 2.24) is 29.5 Å². The van der Waals surface area contributed by atoms with Gasteiger partial charge in [-0.1, -0.05) is 0 Å².